The SMILES string of the molecule is O=C(Nc1ccc(C[C@@H](NC(=O)[C@H]2CSCCN2C(=O)O)C(=O)O)cc1)c1c(Cl)cccc1Cl. The highest BCUT2D eigenvalue weighted by Gasteiger charge is 2.34. The number of nitrogens with zero attached hydrogens (tertiary/aromatic N) is 1. The smallest absolute Gasteiger partial charge is 0.408 e. The predicted molar refractivity (Wildman–Crippen MR) is 130 cm³/mol. The molecule has 9 nitrogen and oxygen atoms in total. The number of anilines is 1. The van der Waals surface area contributed by atoms with Crippen LogP contribution in [-0.2, 0) is 16.0 Å². The Morgan fingerprint density at radius 1 is 1.06 bits per heavy atom. The Balaban J connectivity index is 1.65. The Labute approximate surface area is 209 Å². The Morgan fingerprint density at radius 3 is 2.29 bits per heavy atom. The van der Waals surface area contributed by atoms with E-state index < -0.39 is 36.0 Å². The van der Waals surface area contributed by atoms with Crippen LogP contribution >= 0.6 is 35.0 Å². The lowest BCUT2D eigenvalue weighted by atomic mass is 10.0. The maximum atomic E-state index is 12.6. The van der Waals surface area contributed by atoms with E-state index in [1.165, 1.54) is 11.8 Å². The molecule has 0 radical (unpaired) electrons. The van der Waals surface area contributed by atoms with E-state index in [0.717, 1.165) is 4.90 Å². The zero-order valence-corrected chi connectivity index (χ0v) is 20.0. The number of hydrogen-bond acceptors (Lipinski definition) is 5. The van der Waals surface area contributed by atoms with Crippen molar-refractivity contribution in [2.75, 3.05) is 23.4 Å². The minimum Gasteiger partial charge on any atom is -0.480 e. The Bertz CT molecular complexity index is 1080. The lowest BCUT2D eigenvalue weighted by Crippen LogP contribution is -2.56. The average Bonchev–Trinajstić information content (AvgIpc) is 2.79. The molecule has 0 aromatic heterocycles. The molecule has 2 atom stereocenters. The van der Waals surface area contributed by atoms with Gasteiger partial charge in [-0.1, -0.05) is 41.4 Å². The van der Waals surface area contributed by atoms with Crippen molar-refractivity contribution in [1.29, 1.82) is 0 Å². The molecule has 1 aliphatic heterocycles. The van der Waals surface area contributed by atoms with Crippen LogP contribution in [0, 0.1) is 0 Å². The zero-order chi connectivity index (χ0) is 24.8. The summed E-state index contributed by atoms with van der Waals surface area (Å²) in [6.45, 7) is 0.197. The van der Waals surface area contributed by atoms with Crippen molar-refractivity contribution in [2.24, 2.45) is 0 Å². The number of amides is 3. The number of carboxylic acids is 1. The monoisotopic (exact) mass is 525 g/mol. The van der Waals surface area contributed by atoms with Crippen LogP contribution in [0.5, 0.6) is 0 Å². The van der Waals surface area contributed by atoms with E-state index >= 15 is 0 Å². The minimum atomic E-state index is -1.25. The number of nitrogens with one attached hydrogen (secondary N) is 2. The fourth-order valence-corrected chi connectivity index (χ4v) is 5.00. The summed E-state index contributed by atoms with van der Waals surface area (Å²) in [4.78, 5) is 49.3. The highest BCUT2D eigenvalue weighted by Crippen LogP contribution is 2.25. The lowest BCUT2D eigenvalue weighted by Gasteiger charge is -2.32. The van der Waals surface area contributed by atoms with E-state index in [-0.39, 0.29) is 34.3 Å². The summed E-state index contributed by atoms with van der Waals surface area (Å²) in [5.74, 6) is -1.56. The number of carbonyl (C=O) groups is 4. The van der Waals surface area contributed by atoms with Gasteiger partial charge in [0.05, 0.1) is 15.6 Å². The summed E-state index contributed by atoms with van der Waals surface area (Å²) in [5, 5.41) is 24.4. The number of carbonyl (C=O) groups excluding carboxylic acids is 2. The summed E-state index contributed by atoms with van der Waals surface area (Å²) >= 11 is 13.5. The first-order chi connectivity index (χ1) is 16.2. The molecular weight excluding hydrogens is 505 g/mol. The summed E-state index contributed by atoms with van der Waals surface area (Å²) in [6.07, 6.45) is -1.25. The summed E-state index contributed by atoms with van der Waals surface area (Å²) in [5.41, 5.74) is 1.17. The van der Waals surface area contributed by atoms with E-state index in [1.807, 2.05) is 0 Å². The quantitative estimate of drug-likeness (QED) is 0.434. The summed E-state index contributed by atoms with van der Waals surface area (Å²) < 4.78 is 0. The van der Waals surface area contributed by atoms with Gasteiger partial charge in [-0.2, -0.15) is 11.8 Å². The van der Waals surface area contributed by atoms with Crippen molar-refractivity contribution < 1.29 is 29.4 Å². The lowest BCUT2D eigenvalue weighted by molar-refractivity contribution is -0.142. The first-order valence-corrected chi connectivity index (χ1v) is 12.0. The maximum Gasteiger partial charge on any atom is 0.408 e. The number of halogens is 2. The van der Waals surface area contributed by atoms with Crippen molar-refractivity contribution in [1.82, 2.24) is 10.2 Å². The first kappa shape index (κ1) is 25.7. The molecule has 1 saturated heterocycles. The van der Waals surface area contributed by atoms with Gasteiger partial charge in [-0.15, -0.1) is 0 Å². The van der Waals surface area contributed by atoms with Gasteiger partial charge in [0.2, 0.25) is 5.91 Å². The minimum absolute atomic E-state index is 0.0292. The molecule has 3 rings (SSSR count). The molecule has 1 aliphatic rings. The van der Waals surface area contributed by atoms with Crippen LogP contribution < -0.4 is 10.6 Å². The zero-order valence-electron chi connectivity index (χ0n) is 17.7. The van der Waals surface area contributed by atoms with Gasteiger partial charge in [0.25, 0.3) is 5.91 Å². The number of carboxylic acid groups (broad SMARTS) is 2. The van der Waals surface area contributed by atoms with Crippen molar-refractivity contribution in [3.05, 3.63) is 63.6 Å². The molecule has 0 spiro atoms. The average molecular weight is 526 g/mol. The maximum absolute atomic E-state index is 12.6. The molecular formula is C22H21Cl2N3O6S. The third-order valence-corrected chi connectivity index (χ3v) is 6.79. The molecule has 180 valence electrons. The van der Waals surface area contributed by atoms with Gasteiger partial charge in [-0.05, 0) is 29.8 Å². The van der Waals surface area contributed by atoms with Crippen LogP contribution in [0.4, 0.5) is 10.5 Å². The second-order valence-corrected chi connectivity index (χ2v) is 9.38. The highest BCUT2D eigenvalue weighted by atomic mass is 35.5. The molecule has 12 heteroatoms. The predicted octanol–water partition coefficient (Wildman–Crippen LogP) is 3.45. The van der Waals surface area contributed by atoms with Crippen LogP contribution in [-0.4, -0.2) is 69.1 Å². The largest absolute Gasteiger partial charge is 0.480 e. The Hall–Kier alpha value is -2.95. The molecule has 3 amide bonds. The topological polar surface area (TPSA) is 136 Å². The molecule has 0 unspecified atom stereocenters. The molecule has 4 N–H and O–H groups in total. The van der Waals surface area contributed by atoms with Gasteiger partial charge in [0.15, 0.2) is 0 Å². The molecule has 1 heterocycles. The Kier molecular flexibility index (Phi) is 8.65. The number of aliphatic carboxylic acids is 1. The van der Waals surface area contributed by atoms with Crippen molar-refractivity contribution >= 4 is 64.5 Å². The van der Waals surface area contributed by atoms with E-state index in [9.17, 15) is 29.4 Å². The molecule has 2 aromatic carbocycles. The van der Waals surface area contributed by atoms with Crippen LogP contribution in [0.25, 0.3) is 0 Å². The van der Waals surface area contributed by atoms with Crippen LogP contribution in [0.15, 0.2) is 42.5 Å². The normalized spacial score (nSPS) is 16.4. The molecule has 0 saturated carbocycles. The van der Waals surface area contributed by atoms with Gasteiger partial charge < -0.3 is 20.8 Å². The third kappa shape index (κ3) is 6.34. The fourth-order valence-electron chi connectivity index (χ4n) is 3.39. The first-order valence-electron chi connectivity index (χ1n) is 10.1. The third-order valence-electron chi connectivity index (χ3n) is 5.13. The van der Waals surface area contributed by atoms with Crippen molar-refractivity contribution in [3.8, 4) is 0 Å². The summed E-state index contributed by atoms with van der Waals surface area (Å²) in [7, 11) is 0. The Morgan fingerprint density at radius 2 is 1.71 bits per heavy atom. The fraction of sp³-hybridized carbons (Fsp3) is 0.273. The van der Waals surface area contributed by atoms with Crippen LogP contribution in [0.1, 0.15) is 15.9 Å². The van der Waals surface area contributed by atoms with Crippen molar-refractivity contribution in [3.63, 3.8) is 0 Å². The van der Waals surface area contributed by atoms with Gasteiger partial charge in [-0.25, -0.2) is 9.59 Å². The van der Waals surface area contributed by atoms with Crippen molar-refractivity contribution in [2.45, 2.75) is 18.5 Å². The van der Waals surface area contributed by atoms with Gasteiger partial charge in [0.1, 0.15) is 12.1 Å². The standard InChI is InChI=1S/C22H21Cl2N3O6S/c23-14-2-1-3-15(24)18(14)20(29)25-13-6-4-12(5-7-13)10-16(21(30)31)26-19(28)17-11-34-9-8-27(17)22(32)33/h1-7,16-17H,8-11H2,(H,25,29)(H,26,28)(H,30,31)(H,32,33)/t16-,17-/m1/s1. The van der Waals surface area contributed by atoms with E-state index in [2.05, 4.69) is 10.6 Å². The van der Waals surface area contributed by atoms with Gasteiger partial charge >= 0.3 is 12.1 Å². The number of thioether (sulfide) groups is 1. The van der Waals surface area contributed by atoms with E-state index in [0.29, 0.717) is 17.0 Å². The summed E-state index contributed by atoms with van der Waals surface area (Å²) in [6, 6.07) is 8.93. The molecule has 1 fully saturated rings. The van der Waals surface area contributed by atoms with Gasteiger partial charge in [0, 0.05) is 30.2 Å². The van der Waals surface area contributed by atoms with E-state index in [1.54, 1.807) is 42.5 Å². The second kappa shape index (κ2) is 11.5. The van der Waals surface area contributed by atoms with Crippen LogP contribution in [0.2, 0.25) is 10.0 Å². The number of hydrogen-bond donors (Lipinski definition) is 4. The van der Waals surface area contributed by atoms with E-state index in [4.69, 9.17) is 23.2 Å². The highest BCUT2D eigenvalue weighted by molar-refractivity contribution is 7.99. The van der Waals surface area contributed by atoms with Gasteiger partial charge in [-0.3, -0.25) is 14.5 Å². The molecule has 34 heavy (non-hydrogen) atoms. The second-order valence-electron chi connectivity index (χ2n) is 7.42. The molecule has 0 bridgehead atoms. The molecule has 0 aliphatic carbocycles. The van der Waals surface area contributed by atoms with Crippen LogP contribution in [0.3, 0.4) is 0 Å². The molecule has 2 aromatic rings. The number of rotatable bonds is 7. The number of benzene rings is 2.